The molecule has 5 heteroatoms. The normalized spacial score (nSPS) is 37.9. The molecule has 0 radical (unpaired) electrons. The Morgan fingerprint density at radius 2 is 1.69 bits per heavy atom. The fourth-order valence-corrected chi connectivity index (χ4v) is 2.98. The van der Waals surface area contributed by atoms with Crippen LogP contribution in [0.2, 0.25) is 0 Å². The van der Waals surface area contributed by atoms with Crippen molar-refractivity contribution in [1.82, 2.24) is 4.90 Å². The first-order valence-corrected chi connectivity index (χ1v) is 5.97. The molecule has 0 aromatic heterocycles. The van der Waals surface area contributed by atoms with Crippen molar-refractivity contribution in [1.29, 1.82) is 0 Å². The summed E-state index contributed by atoms with van der Waals surface area (Å²) in [6.07, 6.45) is -2.06. The van der Waals surface area contributed by atoms with Crippen LogP contribution in [-0.4, -0.2) is 41.4 Å². The Kier molecular flexibility index (Phi) is 3.45. The smallest absolute Gasteiger partial charge is 0.393 e. The third kappa shape index (κ3) is 2.51. The molecule has 1 saturated heterocycles. The zero-order chi connectivity index (χ0) is 11.8. The summed E-state index contributed by atoms with van der Waals surface area (Å²) in [6.45, 7) is 1.51. The van der Waals surface area contributed by atoms with E-state index in [-0.39, 0.29) is 19.3 Å². The van der Waals surface area contributed by atoms with Crippen molar-refractivity contribution >= 4 is 0 Å². The number of halogens is 3. The summed E-state index contributed by atoms with van der Waals surface area (Å²) in [5.74, 6) is -1.24. The molecule has 1 aliphatic heterocycles. The Labute approximate surface area is 93.4 Å². The summed E-state index contributed by atoms with van der Waals surface area (Å²) in [6, 6.07) is -0.494. The van der Waals surface area contributed by atoms with Gasteiger partial charge in [-0.3, -0.25) is 4.90 Å². The molecule has 0 aromatic carbocycles. The Morgan fingerprint density at radius 1 is 1.06 bits per heavy atom. The van der Waals surface area contributed by atoms with Gasteiger partial charge in [-0.25, -0.2) is 0 Å². The molecule has 3 atom stereocenters. The Bertz CT molecular complexity index is 238. The highest BCUT2D eigenvalue weighted by Crippen LogP contribution is 2.40. The van der Waals surface area contributed by atoms with Crippen LogP contribution < -0.4 is 0 Å². The third-order valence-electron chi connectivity index (χ3n) is 3.82. The van der Waals surface area contributed by atoms with E-state index in [0.717, 1.165) is 25.9 Å². The standard InChI is InChI=1S/C11H18F3NO/c12-11(13,14)9-4-3-8(16)7-10(9)15-5-1-2-6-15/h8-10,16H,1-7H2. The zero-order valence-electron chi connectivity index (χ0n) is 9.21. The molecule has 1 heterocycles. The first kappa shape index (κ1) is 12.2. The summed E-state index contributed by atoms with van der Waals surface area (Å²) in [5, 5.41) is 9.53. The third-order valence-corrected chi connectivity index (χ3v) is 3.82. The van der Waals surface area contributed by atoms with Crippen molar-refractivity contribution in [3.05, 3.63) is 0 Å². The molecule has 16 heavy (non-hydrogen) atoms. The van der Waals surface area contributed by atoms with E-state index >= 15 is 0 Å². The summed E-state index contributed by atoms with van der Waals surface area (Å²) in [5.41, 5.74) is 0. The molecule has 1 saturated carbocycles. The van der Waals surface area contributed by atoms with Crippen LogP contribution in [0.3, 0.4) is 0 Å². The van der Waals surface area contributed by atoms with Gasteiger partial charge in [0.2, 0.25) is 0 Å². The van der Waals surface area contributed by atoms with E-state index in [0.29, 0.717) is 0 Å². The highest BCUT2D eigenvalue weighted by molar-refractivity contribution is 4.91. The average molecular weight is 237 g/mol. The van der Waals surface area contributed by atoms with Crippen molar-refractivity contribution in [3.8, 4) is 0 Å². The molecule has 2 rings (SSSR count). The summed E-state index contributed by atoms with van der Waals surface area (Å²) < 4.78 is 38.6. The molecule has 0 aromatic rings. The monoisotopic (exact) mass is 237 g/mol. The van der Waals surface area contributed by atoms with Crippen LogP contribution in [0.4, 0.5) is 13.2 Å². The summed E-state index contributed by atoms with van der Waals surface area (Å²) in [4.78, 5) is 1.92. The Balaban J connectivity index is 2.08. The molecule has 0 amide bonds. The van der Waals surface area contributed by atoms with Crippen LogP contribution in [-0.2, 0) is 0 Å². The van der Waals surface area contributed by atoms with Gasteiger partial charge in [-0.2, -0.15) is 13.2 Å². The van der Waals surface area contributed by atoms with E-state index in [2.05, 4.69) is 0 Å². The van der Waals surface area contributed by atoms with Crippen molar-refractivity contribution in [2.75, 3.05) is 13.1 Å². The second kappa shape index (κ2) is 4.53. The molecule has 1 aliphatic carbocycles. The highest BCUT2D eigenvalue weighted by Gasteiger charge is 2.49. The van der Waals surface area contributed by atoms with Gasteiger partial charge < -0.3 is 5.11 Å². The number of hydrogen-bond acceptors (Lipinski definition) is 2. The van der Waals surface area contributed by atoms with Crippen LogP contribution in [0.15, 0.2) is 0 Å². The van der Waals surface area contributed by atoms with Gasteiger partial charge in [-0.05, 0) is 45.2 Å². The number of nitrogens with zero attached hydrogens (tertiary/aromatic N) is 1. The highest BCUT2D eigenvalue weighted by atomic mass is 19.4. The lowest BCUT2D eigenvalue weighted by Crippen LogP contribution is -2.49. The van der Waals surface area contributed by atoms with Crippen LogP contribution in [0.5, 0.6) is 0 Å². The van der Waals surface area contributed by atoms with Gasteiger partial charge in [0.05, 0.1) is 12.0 Å². The van der Waals surface area contributed by atoms with E-state index in [1.807, 2.05) is 4.90 Å². The minimum atomic E-state index is -4.12. The lowest BCUT2D eigenvalue weighted by atomic mass is 9.81. The first-order chi connectivity index (χ1) is 7.48. The van der Waals surface area contributed by atoms with Crippen LogP contribution in [0.1, 0.15) is 32.1 Å². The molecule has 1 N–H and O–H groups in total. The van der Waals surface area contributed by atoms with Crippen molar-refractivity contribution in [2.45, 2.75) is 50.4 Å². The Morgan fingerprint density at radius 3 is 2.25 bits per heavy atom. The molecular formula is C11H18F3NO. The molecule has 2 aliphatic rings. The second-order valence-corrected chi connectivity index (χ2v) is 4.93. The van der Waals surface area contributed by atoms with E-state index in [1.165, 1.54) is 0 Å². The van der Waals surface area contributed by atoms with Gasteiger partial charge in [0.25, 0.3) is 0 Å². The van der Waals surface area contributed by atoms with Crippen LogP contribution in [0, 0.1) is 5.92 Å². The number of aliphatic hydroxyl groups is 1. The van der Waals surface area contributed by atoms with Gasteiger partial charge in [0.15, 0.2) is 0 Å². The number of aliphatic hydroxyl groups excluding tert-OH is 1. The lowest BCUT2D eigenvalue weighted by molar-refractivity contribution is -0.203. The number of hydrogen-bond donors (Lipinski definition) is 1. The van der Waals surface area contributed by atoms with E-state index < -0.39 is 24.2 Å². The van der Waals surface area contributed by atoms with Crippen LogP contribution in [0.25, 0.3) is 0 Å². The predicted octanol–water partition coefficient (Wildman–Crippen LogP) is 2.17. The molecule has 0 bridgehead atoms. The zero-order valence-corrected chi connectivity index (χ0v) is 9.21. The largest absolute Gasteiger partial charge is 0.393 e. The van der Waals surface area contributed by atoms with E-state index in [1.54, 1.807) is 0 Å². The van der Waals surface area contributed by atoms with Gasteiger partial charge in [-0.1, -0.05) is 0 Å². The minimum absolute atomic E-state index is 0.0752. The van der Waals surface area contributed by atoms with Gasteiger partial charge >= 0.3 is 6.18 Å². The molecule has 2 nitrogen and oxygen atoms in total. The molecule has 2 fully saturated rings. The lowest BCUT2D eigenvalue weighted by Gasteiger charge is -2.40. The topological polar surface area (TPSA) is 23.5 Å². The maximum absolute atomic E-state index is 12.9. The summed E-state index contributed by atoms with van der Waals surface area (Å²) in [7, 11) is 0. The van der Waals surface area contributed by atoms with Crippen LogP contribution >= 0.6 is 0 Å². The molecule has 3 unspecified atom stereocenters. The van der Waals surface area contributed by atoms with Gasteiger partial charge in [0, 0.05) is 6.04 Å². The SMILES string of the molecule is OC1CCC(C(F)(F)F)C(N2CCCC2)C1. The van der Waals surface area contributed by atoms with E-state index in [4.69, 9.17) is 0 Å². The Hall–Kier alpha value is -0.290. The quantitative estimate of drug-likeness (QED) is 0.755. The first-order valence-electron chi connectivity index (χ1n) is 5.97. The number of alkyl halides is 3. The summed E-state index contributed by atoms with van der Waals surface area (Å²) >= 11 is 0. The van der Waals surface area contributed by atoms with Crippen molar-refractivity contribution in [2.24, 2.45) is 5.92 Å². The maximum Gasteiger partial charge on any atom is 0.393 e. The fourth-order valence-electron chi connectivity index (χ4n) is 2.98. The van der Waals surface area contributed by atoms with Gasteiger partial charge in [0.1, 0.15) is 0 Å². The number of rotatable bonds is 1. The van der Waals surface area contributed by atoms with Gasteiger partial charge in [-0.15, -0.1) is 0 Å². The van der Waals surface area contributed by atoms with Crippen molar-refractivity contribution < 1.29 is 18.3 Å². The molecule has 0 spiro atoms. The average Bonchev–Trinajstić information content (AvgIpc) is 2.68. The fraction of sp³-hybridized carbons (Fsp3) is 1.00. The number of likely N-dealkylation sites (tertiary alicyclic amines) is 1. The predicted molar refractivity (Wildman–Crippen MR) is 54.0 cm³/mol. The minimum Gasteiger partial charge on any atom is -0.393 e. The van der Waals surface area contributed by atoms with E-state index in [9.17, 15) is 18.3 Å². The molecular weight excluding hydrogens is 219 g/mol. The van der Waals surface area contributed by atoms with Crippen molar-refractivity contribution in [3.63, 3.8) is 0 Å². The maximum atomic E-state index is 12.9. The second-order valence-electron chi connectivity index (χ2n) is 4.93. The molecule has 94 valence electrons.